The summed E-state index contributed by atoms with van der Waals surface area (Å²) in [4.78, 5) is 37.9. The number of rotatable bonds is 10. The molecule has 1 saturated carbocycles. The molecular formula is C22H26N2O7S2. The van der Waals surface area contributed by atoms with E-state index < -0.39 is 34.5 Å². The summed E-state index contributed by atoms with van der Waals surface area (Å²) in [6, 6.07) is 5.77. The third-order valence-electron chi connectivity index (χ3n) is 4.85. The number of thiophene rings is 1. The first-order chi connectivity index (χ1) is 15.6. The minimum atomic E-state index is -3.74. The summed E-state index contributed by atoms with van der Waals surface area (Å²) < 4.78 is 37.6. The Hall–Kier alpha value is -2.76. The molecular weight excluding hydrogens is 468 g/mol. The highest BCUT2D eigenvalue weighted by atomic mass is 32.2. The van der Waals surface area contributed by atoms with Gasteiger partial charge in [0, 0.05) is 10.9 Å². The zero-order chi connectivity index (χ0) is 24.2. The average Bonchev–Trinajstić information content (AvgIpc) is 3.48. The molecule has 1 aliphatic carbocycles. The molecule has 2 N–H and O–H groups in total. The van der Waals surface area contributed by atoms with Gasteiger partial charge in [-0.1, -0.05) is 13.0 Å². The Labute approximate surface area is 196 Å². The van der Waals surface area contributed by atoms with Gasteiger partial charge in [0.15, 0.2) is 6.61 Å². The lowest BCUT2D eigenvalue weighted by atomic mass is 10.1. The van der Waals surface area contributed by atoms with Crippen molar-refractivity contribution in [3.63, 3.8) is 0 Å². The van der Waals surface area contributed by atoms with Gasteiger partial charge >= 0.3 is 11.9 Å². The second kappa shape index (κ2) is 10.4. The van der Waals surface area contributed by atoms with Crippen LogP contribution >= 0.6 is 11.3 Å². The van der Waals surface area contributed by atoms with Gasteiger partial charge in [-0.3, -0.25) is 4.79 Å². The third-order valence-corrected chi connectivity index (χ3v) is 7.57. The summed E-state index contributed by atoms with van der Waals surface area (Å²) in [6.45, 7) is 4.85. The van der Waals surface area contributed by atoms with Gasteiger partial charge in [0.2, 0.25) is 10.0 Å². The Morgan fingerprint density at radius 2 is 1.76 bits per heavy atom. The molecule has 0 saturated heterocycles. The molecule has 1 fully saturated rings. The number of carbonyl (C=O) groups excluding carboxylic acids is 3. The number of aryl methyl sites for hydroxylation is 2. The van der Waals surface area contributed by atoms with E-state index in [9.17, 15) is 22.8 Å². The number of esters is 2. The molecule has 178 valence electrons. The van der Waals surface area contributed by atoms with Gasteiger partial charge in [-0.15, -0.1) is 11.3 Å². The fourth-order valence-corrected chi connectivity index (χ4v) is 5.25. The summed E-state index contributed by atoms with van der Waals surface area (Å²) in [7, 11) is -3.74. The number of hydrogen-bond donors (Lipinski definition) is 2. The minimum absolute atomic E-state index is 0.0406. The molecule has 0 radical (unpaired) electrons. The van der Waals surface area contributed by atoms with Gasteiger partial charge in [0.05, 0.1) is 22.6 Å². The van der Waals surface area contributed by atoms with E-state index in [1.165, 1.54) is 29.5 Å². The average molecular weight is 495 g/mol. The number of nitrogens with one attached hydrogen (secondary N) is 2. The Balaban J connectivity index is 1.66. The highest BCUT2D eigenvalue weighted by molar-refractivity contribution is 7.89. The number of benzene rings is 1. The first-order valence-corrected chi connectivity index (χ1v) is 12.8. The van der Waals surface area contributed by atoms with Crippen molar-refractivity contribution < 1.29 is 32.3 Å². The standard InChI is InChI=1S/C22H26N2O7S2/c1-4-15-10-18(22(27)30-5-2)20(32-15)23-19(25)12-31-21(26)17-11-16(9-6-13(17)3)33(28,29)24-14-7-8-14/h6,9-11,14,24H,4-5,7-8,12H2,1-3H3,(H,23,25). The molecule has 1 amide bonds. The maximum Gasteiger partial charge on any atom is 0.341 e. The van der Waals surface area contributed by atoms with Crippen LogP contribution in [0.15, 0.2) is 29.2 Å². The smallest absolute Gasteiger partial charge is 0.341 e. The minimum Gasteiger partial charge on any atom is -0.462 e. The van der Waals surface area contributed by atoms with E-state index in [2.05, 4.69) is 10.0 Å². The van der Waals surface area contributed by atoms with Gasteiger partial charge in [0.25, 0.3) is 5.91 Å². The van der Waals surface area contributed by atoms with Gasteiger partial charge in [-0.2, -0.15) is 0 Å². The fourth-order valence-electron chi connectivity index (χ4n) is 2.92. The zero-order valence-corrected chi connectivity index (χ0v) is 20.2. The van der Waals surface area contributed by atoms with Crippen LogP contribution in [0.4, 0.5) is 5.00 Å². The van der Waals surface area contributed by atoms with Crippen LogP contribution < -0.4 is 10.0 Å². The molecule has 3 rings (SSSR count). The van der Waals surface area contributed by atoms with Crippen LogP contribution in [0.5, 0.6) is 0 Å². The zero-order valence-electron chi connectivity index (χ0n) is 18.6. The highest BCUT2D eigenvalue weighted by Gasteiger charge is 2.29. The van der Waals surface area contributed by atoms with Gasteiger partial charge in [-0.05, 0) is 56.9 Å². The number of amides is 1. The van der Waals surface area contributed by atoms with Crippen molar-refractivity contribution in [3.05, 3.63) is 45.8 Å². The molecule has 0 aliphatic heterocycles. The lowest BCUT2D eigenvalue weighted by Gasteiger charge is -2.11. The molecule has 1 aromatic carbocycles. The normalized spacial score (nSPS) is 13.4. The van der Waals surface area contributed by atoms with Crippen molar-refractivity contribution >= 4 is 44.2 Å². The van der Waals surface area contributed by atoms with Crippen LogP contribution in [0.25, 0.3) is 0 Å². The van der Waals surface area contributed by atoms with Gasteiger partial charge in [-0.25, -0.2) is 22.7 Å². The van der Waals surface area contributed by atoms with Crippen LogP contribution in [0.3, 0.4) is 0 Å². The first kappa shape index (κ1) is 24.9. The van der Waals surface area contributed by atoms with Crippen LogP contribution in [-0.4, -0.2) is 45.5 Å². The van der Waals surface area contributed by atoms with E-state index >= 15 is 0 Å². The summed E-state index contributed by atoms with van der Waals surface area (Å²) in [6.07, 6.45) is 2.25. The number of anilines is 1. The Morgan fingerprint density at radius 3 is 2.39 bits per heavy atom. The predicted molar refractivity (Wildman–Crippen MR) is 123 cm³/mol. The summed E-state index contributed by atoms with van der Waals surface area (Å²) in [5, 5.41) is 2.91. The molecule has 11 heteroatoms. The maximum absolute atomic E-state index is 12.6. The van der Waals surface area contributed by atoms with E-state index in [1.807, 2.05) is 6.92 Å². The first-order valence-electron chi connectivity index (χ1n) is 10.5. The number of sulfonamides is 1. The maximum atomic E-state index is 12.6. The van der Waals surface area contributed by atoms with Crippen molar-refractivity contribution in [2.75, 3.05) is 18.5 Å². The predicted octanol–water partition coefficient (Wildman–Crippen LogP) is 3.03. The van der Waals surface area contributed by atoms with Gasteiger partial charge < -0.3 is 14.8 Å². The second-order valence-electron chi connectivity index (χ2n) is 7.53. The van der Waals surface area contributed by atoms with E-state index in [4.69, 9.17) is 9.47 Å². The molecule has 0 bridgehead atoms. The molecule has 1 heterocycles. The highest BCUT2D eigenvalue weighted by Crippen LogP contribution is 2.29. The van der Waals surface area contributed by atoms with E-state index in [-0.39, 0.29) is 28.7 Å². The number of carbonyl (C=O) groups is 3. The number of hydrogen-bond acceptors (Lipinski definition) is 8. The third kappa shape index (κ3) is 6.40. The van der Waals surface area contributed by atoms with E-state index in [0.29, 0.717) is 17.0 Å². The van der Waals surface area contributed by atoms with Crippen LogP contribution in [0, 0.1) is 6.92 Å². The Bertz CT molecular complexity index is 1170. The van der Waals surface area contributed by atoms with Crippen molar-refractivity contribution in [2.45, 2.75) is 51.0 Å². The monoisotopic (exact) mass is 494 g/mol. The second-order valence-corrected chi connectivity index (χ2v) is 10.4. The molecule has 1 aliphatic rings. The lowest BCUT2D eigenvalue weighted by Crippen LogP contribution is -2.26. The van der Waals surface area contributed by atoms with Gasteiger partial charge in [0.1, 0.15) is 5.00 Å². The van der Waals surface area contributed by atoms with Crippen LogP contribution in [0.2, 0.25) is 0 Å². The molecule has 0 spiro atoms. The molecule has 0 atom stereocenters. The quantitative estimate of drug-likeness (QED) is 0.486. The Morgan fingerprint density at radius 1 is 1.06 bits per heavy atom. The van der Waals surface area contributed by atoms with E-state index in [0.717, 1.165) is 17.7 Å². The van der Waals surface area contributed by atoms with Crippen molar-refractivity contribution in [2.24, 2.45) is 0 Å². The number of ether oxygens (including phenoxy) is 2. The van der Waals surface area contributed by atoms with Crippen molar-refractivity contribution in [1.29, 1.82) is 0 Å². The Kier molecular flexibility index (Phi) is 7.88. The molecule has 2 aromatic rings. The summed E-state index contributed by atoms with van der Waals surface area (Å²) in [5.74, 6) is -2.00. The molecule has 1 aromatic heterocycles. The van der Waals surface area contributed by atoms with Crippen LogP contribution in [0.1, 0.15) is 57.8 Å². The van der Waals surface area contributed by atoms with Crippen molar-refractivity contribution in [3.8, 4) is 0 Å². The SMILES string of the molecule is CCOC(=O)c1cc(CC)sc1NC(=O)COC(=O)c1cc(S(=O)(=O)NC2CC2)ccc1C. The van der Waals surface area contributed by atoms with Crippen LogP contribution in [-0.2, 0) is 30.7 Å². The summed E-state index contributed by atoms with van der Waals surface area (Å²) in [5.41, 5.74) is 0.814. The van der Waals surface area contributed by atoms with E-state index in [1.54, 1.807) is 19.9 Å². The molecule has 0 unspecified atom stereocenters. The molecule has 33 heavy (non-hydrogen) atoms. The topological polar surface area (TPSA) is 128 Å². The summed E-state index contributed by atoms with van der Waals surface area (Å²) >= 11 is 1.24. The lowest BCUT2D eigenvalue weighted by molar-refractivity contribution is -0.119. The largest absolute Gasteiger partial charge is 0.462 e. The molecule has 9 nitrogen and oxygen atoms in total. The van der Waals surface area contributed by atoms with Crippen molar-refractivity contribution in [1.82, 2.24) is 4.72 Å². The fraction of sp³-hybridized carbons (Fsp3) is 0.409.